The summed E-state index contributed by atoms with van der Waals surface area (Å²) in [6, 6.07) is 19.5. The number of halogens is 1. The van der Waals surface area contributed by atoms with E-state index < -0.39 is 10.8 Å². The summed E-state index contributed by atoms with van der Waals surface area (Å²) in [5.41, 5.74) is 7.02. The zero-order chi connectivity index (χ0) is 30.8. The lowest BCUT2D eigenvalue weighted by Gasteiger charge is -2.52. The van der Waals surface area contributed by atoms with Crippen LogP contribution in [0.4, 0.5) is 4.39 Å². The standard InChI is InChI=1S/C34H40FN3O5/c1-5-37-17-15-33(32(36)40,24-9-7-6-8-10-24)21-29(37)34(25-11-13-26(35)14-12-25)16-18-38(22-34)31(39)23-19-27(41-2)30(43-4)28(20-23)42-3/h6-14,19-20,29H,5,15-18,21-22H2,1-4H3,(H2,36,40). The van der Waals surface area contributed by atoms with E-state index >= 15 is 0 Å². The monoisotopic (exact) mass is 589 g/mol. The molecule has 3 unspecified atom stereocenters. The molecule has 0 bridgehead atoms. The van der Waals surface area contributed by atoms with Crippen molar-refractivity contribution < 1.29 is 28.2 Å². The number of carbonyl (C=O) groups excluding carboxylic acids is 2. The number of ether oxygens (including phenoxy) is 3. The van der Waals surface area contributed by atoms with Gasteiger partial charge in [0.15, 0.2) is 11.5 Å². The largest absolute Gasteiger partial charge is 0.493 e. The number of hydrogen-bond donors (Lipinski definition) is 1. The van der Waals surface area contributed by atoms with E-state index in [2.05, 4.69) is 11.8 Å². The summed E-state index contributed by atoms with van der Waals surface area (Å²) >= 11 is 0. The Labute approximate surface area is 252 Å². The van der Waals surface area contributed by atoms with E-state index in [0.717, 1.165) is 17.7 Å². The second-order valence-corrected chi connectivity index (χ2v) is 11.5. The molecule has 3 atom stereocenters. The average Bonchev–Trinajstić information content (AvgIpc) is 3.50. The summed E-state index contributed by atoms with van der Waals surface area (Å²) in [5.74, 6) is 0.353. The predicted octanol–water partition coefficient (Wildman–Crippen LogP) is 4.54. The van der Waals surface area contributed by atoms with Crippen LogP contribution in [-0.2, 0) is 15.6 Å². The molecular formula is C34H40FN3O5. The molecule has 0 radical (unpaired) electrons. The Bertz CT molecular complexity index is 1440. The first-order chi connectivity index (χ1) is 20.7. The van der Waals surface area contributed by atoms with Crippen LogP contribution in [0.1, 0.15) is 47.7 Å². The van der Waals surface area contributed by atoms with Gasteiger partial charge >= 0.3 is 0 Å². The van der Waals surface area contributed by atoms with Gasteiger partial charge < -0.3 is 24.8 Å². The fourth-order valence-corrected chi connectivity index (χ4v) is 7.24. The van der Waals surface area contributed by atoms with Gasteiger partial charge in [-0.1, -0.05) is 49.4 Å². The van der Waals surface area contributed by atoms with Gasteiger partial charge in [0.1, 0.15) is 5.82 Å². The Balaban J connectivity index is 1.58. The highest BCUT2D eigenvalue weighted by molar-refractivity contribution is 5.96. The number of nitrogens with zero attached hydrogens (tertiary/aromatic N) is 2. The number of piperidine rings is 1. The lowest BCUT2D eigenvalue weighted by Crippen LogP contribution is -2.61. The van der Waals surface area contributed by atoms with E-state index in [1.807, 2.05) is 47.4 Å². The highest BCUT2D eigenvalue weighted by atomic mass is 19.1. The molecule has 2 aliphatic rings. The lowest BCUT2D eigenvalue weighted by molar-refractivity contribution is -0.127. The quantitative estimate of drug-likeness (QED) is 0.394. The molecule has 0 saturated carbocycles. The molecule has 0 aromatic heterocycles. The van der Waals surface area contributed by atoms with Crippen molar-refractivity contribution in [2.45, 2.75) is 43.1 Å². The Morgan fingerprint density at radius 2 is 1.56 bits per heavy atom. The van der Waals surface area contributed by atoms with Crippen LogP contribution in [-0.4, -0.2) is 75.2 Å². The number of methoxy groups -OCH3 is 3. The van der Waals surface area contributed by atoms with Crippen molar-refractivity contribution in [2.24, 2.45) is 5.73 Å². The molecule has 3 aromatic carbocycles. The first kappa shape index (κ1) is 30.4. The third-order valence-electron chi connectivity index (χ3n) is 9.57. The fourth-order valence-electron chi connectivity index (χ4n) is 7.24. The SMILES string of the molecule is CCN1CCC(C(N)=O)(c2ccccc2)CC1C1(c2ccc(F)cc2)CCN(C(=O)c2cc(OC)c(OC)c(OC)c2)C1. The minimum atomic E-state index is -0.862. The number of likely N-dealkylation sites (tertiary alicyclic amines) is 2. The summed E-state index contributed by atoms with van der Waals surface area (Å²) in [7, 11) is 4.55. The molecule has 5 rings (SSSR count). The summed E-state index contributed by atoms with van der Waals surface area (Å²) in [5, 5.41) is 0. The van der Waals surface area contributed by atoms with Gasteiger partial charge in [-0.25, -0.2) is 4.39 Å². The highest BCUT2D eigenvalue weighted by Crippen LogP contribution is 2.49. The average molecular weight is 590 g/mol. The zero-order valence-corrected chi connectivity index (χ0v) is 25.3. The van der Waals surface area contributed by atoms with Crippen molar-refractivity contribution in [1.82, 2.24) is 9.80 Å². The maximum Gasteiger partial charge on any atom is 0.254 e. The van der Waals surface area contributed by atoms with Gasteiger partial charge in [-0.2, -0.15) is 0 Å². The van der Waals surface area contributed by atoms with Crippen LogP contribution < -0.4 is 19.9 Å². The zero-order valence-electron chi connectivity index (χ0n) is 25.3. The van der Waals surface area contributed by atoms with Crippen LogP contribution in [0.15, 0.2) is 66.7 Å². The minimum Gasteiger partial charge on any atom is -0.493 e. The molecule has 0 aliphatic carbocycles. The van der Waals surface area contributed by atoms with Crippen molar-refractivity contribution in [2.75, 3.05) is 47.5 Å². The normalized spacial score (nSPS) is 24.0. The van der Waals surface area contributed by atoms with Gasteiger partial charge in [0.2, 0.25) is 11.7 Å². The molecule has 0 spiro atoms. The maximum atomic E-state index is 14.2. The molecule has 2 heterocycles. The third-order valence-corrected chi connectivity index (χ3v) is 9.57. The Kier molecular flexibility index (Phi) is 8.64. The lowest BCUT2D eigenvalue weighted by atomic mass is 9.61. The maximum absolute atomic E-state index is 14.2. The number of hydrogen-bond acceptors (Lipinski definition) is 6. The third kappa shape index (κ3) is 5.31. The summed E-state index contributed by atoms with van der Waals surface area (Å²) in [6.45, 7) is 4.41. The van der Waals surface area contributed by atoms with Gasteiger partial charge in [-0.3, -0.25) is 14.5 Å². The van der Waals surface area contributed by atoms with E-state index in [4.69, 9.17) is 19.9 Å². The van der Waals surface area contributed by atoms with Crippen LogP contribution in [0.2, 0.25) is 0 Å². The Hall–Kier alpha value is -4.11. The smallest absolute Gasteiger partial charge is 0.254 e. The van der Waals surface area contributed by atoms with Gasteiger partial charge in [-0.05, 0) is 67.7 Å². The molecule has 2 fully saturated rings. The highest BCUT2D eigenvalue weighted by Gasteiger charge is 2.55. The molecule has 228 valence electrons. The second kappa shape index (κ2) is 12.2. The van der Waals surface area contributed by atoms with Crippen molar-refractivity contribution in [1.29, 1.82) is 0 Å². The molecule has 2 N–H and O–H groups in total. The number of primary amides is 1. The van der Waals surface area contributed by atoms with E-state index in [1.54, 1.807) is 12.1 Å². The van der Waals surface area contributed by atoms with Gasteiger partial charge in [0.05, 0.1) is 26.7 Å². The predicted molar refractivity (Wildman–Crippen MR) is 162 cm³/mol. The Morgan fingerprint density at radius 1 is 0.907 bits per heavy atom. The molecule has 8 nitrogen and oxygen atoms in total. The molecule has 3 aromatic rings. The van der Waals surface area contributed by atoms with Crippen LogP contribution in [0, 0.1) is 5.82 Å². The van der Waals surface area contributed by atoms with Crippen LogP contribution in [0.3, 0.4) is 0 Å². The second-order valence-electron chi connectivity index (χ2n) is 11.5. The number of amides is 2. The number of likely N-dealkylation sites (N-methyl/N-ethyl adjacent to an activating group) is 1. The summed E-state index contributed by atoms with van der Waals surface area (Å²) < 4.78 is 30.6. The van der Waals surface area contributed by atoms with Crippen molar-refractivity contribution in [3.63, 3.8) is 0 Å². The number of nitrogens with two attached hydrogens (primary N) is 1. The summed E-state index contributed by atoms with van der Waals surface area (Å²) in [6.07, 6.45) is 1.73. The number of rotatable bonds is 9. The van der Waals surface area contributed by atoms with Crippen molar-refractivity contribution in [3.8, 4) is 17.2 Å². The molecule has 43 heavy (non-hydrogen) atoms. The number of benzene rings is 3. The molecule has 2 aliphatic heterocycles. The molecule has 2 saturated heterocycles. The molecule has 2 amide bonds. The molecular weight excluding hydrogens is 549 g/mol. The Morgan fingerprint density at radius 3 is 2.12 bits per heavy atom. The van der Waals surface area contributed by atoms with E-state index in [-0.39, 0.29) is 23.7 Å². The van der Waals surface area contributed by atoms with Gasteiger partial charge in [0, 0.05) is 30.1 Å². The van der Waals surface area contributed by atoms with Gasteiger partial charge in [0.25, 0.3) is 5.91 Å². The van der Waals surface area contributed by atoms with Crippen molar-refractivity contribution in [3.05, 3.63) is 89.2 Å². The molecule has 9 heteroatoms. The topological polar surface area (TPSA) is 94.3 Å². The fraction of sp³-hybridized carbons (Fsp3) is 0.412. The van der Waals surface area contributed by atoms with E-state index in [1.165, 1.54) is 33.5 Å². The van der Waals surface area contributed by atoms with Crippen LogP contribution >= 0.6 is 0 Å². The van der Waals surface area contributed by atoms with Gasteiger partial charge in [-0.15, -0.1) is 0 Å². The summed E-state index contributed by atoms with van der Waals surface area (Å²) in [4.78, 5) is 31.6. The first-order valence-corrected chi connectivity index (χ1v) is 14.7. The van der Waals surface area contributed by atoms with E-state index in [9.17, 15) is 14.0 Å². The van der Waals surface area contributed by atoms with Crippen LogP contribution in [0.25, 0.3) is 0 Å². The van der Waals surface area contributed by atoms with Crippen molar-refractivity contribution >= 4 is 11.8 Å². The number of carbonyl (C=O) groups is 2. The van der Waals surface area contributed by atoms with E-state index in [0.29, 0.717) is 61.7 Å². The van der Waals surface area contributed by atoms with Crippen LogP contribution in [0.5, 0.6) is 17.2 Å². The minimum absolute atomic E-state index is 0.137. The first-order valence-electron chi connectivity index (χ1n) is 14.7.